The van der Waals surface area contributed by atoms with Crippen molar-refractivity contribution in [1.82, 2.24) is 0 Å². The second-order valence-corrected chi connectivity index (χ2v) is 6.71. The van der Waals surface area contributed by atoms with E-state index in [0.29, 0.717) is 23.3 Å². The molecule has 1 amide bonds. The smallest absolute Gasteiger partial charge is 0.266 e. The van der Waals surface area contributed by atoms with Crippen molar-refractivity contribution < 1.29 is 9.21 Å². The fourth-order valence-corrected chi connectivity index (χ4v) is 3.18. The predicted molar refractivity (Wildman–Crippen MR) is 101 cm³/mol. The van der Waals surface area contributed by atoms with Gasteiger partial charge in [0, 0.05) is 23.1 Å². The molecule has 1 aromatic heterocycles. The first-order valence-electron chi connectivity index (χ1n) is 8.66. The molecule has 0 unspecified atom stereocenters. The summed E-state index contributed by atoms with van der Waals surface area (Å²) in [6, 6.07) is 19.2. The lowest BCUT2D eigenvalue weighted by Gasteiger charge is -2.08. The maximum atomic E-state index is 12.6. The van der Waals surface area contributed by atoms with Gasteiger partial charge in [-0.2, -0.15) is 5.26 Å². The Morgan fingerprint density at radius 1 is 1.19 bits per heavy atom. The molecule has 1 saturated carbocycles. The van der Waals surface area contributed by atoms with Crippen LogP contribution in [0.3, 0.4) is 0 Å². The summed E-state index contributed by atoms with van der Waals surface area (Å²) in [4.78, 5) is 12.6. The van der Waals surface area contributed by atoms with Crippen LogP contribution in [0.4, 0.5) is 5.69 Å². The van der Waals surface area contributed by atoms with Crippen LogP contribution >= 0.6 is 0 Å². The lowest BCUT2D eigenvalue weighted by molar-refractivity contribution is -0.112. The maximum absolute atomic E-state index is 12.6. The van der Waals surface area contributed by atoms with E-state index in [4.69, 9.17) is 4.42 Å². The normalized spacial score (nSPS) is 19.2. The molecule has 1 fully saturated rings. The number of carbonyl (C=O) groups excluding carboxylic acids is 1. The van der Waals surface area contributed by atoms with Gasteiger partial charge in [0.1, 0.15) is 23.2 Å². The van der Waals surface area contributed by atoms with Gasteiger partial charge in [-0.05, 0) is 35.9 Å². The number of amides is 1. The summed E-state index contributed by atoms with van der Waals surface area (Å²) in [5.41, 5.74) is 0.698. The van der Waals surface area contributed by atoms with Crippen molar-refractivity contribution in [3.05, 3.63) is 71.7 Å². The predicted octanol–water partition coefficient (Wildman–Crippen LogP) is 5.10. The van der Waals surface area contributed by atoms with E-state index in [2.05, 4.69) is 12.2 Å². The molecule has 1 aliphatic carbocycles. The fraction of sp³-hybridized carbons (Fsp3) is 0.182. The third kappa shape index (κ3) is 3.12. The van der Waals surface area contributed by atoms with Gasteiger partial charge in [-0.25, -0.2) is 0 Å². The van der Waals surface area contributed by atoms with E-state index in [0.717, 1.165) is 23.0 Å². The number of furan rings is 1. The second kappa shape index (κ2) is 6.53. The van der Waals surface area contributed by atoms with Crippen molar-refractivity contribution in [1.29, 1.82) is 5.26 Å². The highest BCUT2D eigenvalue weighted by atomic mass is 16.3. The number of benzene rings is 2. The lowest BCUT2D eigenvalue weighted by Crippen LogP contribution is -2.13. The van der Waals surface area contributed by atoms with E-state index >= 15 is 0 Å². The van der Waals surface area contributed by atoms with Gasteiger partial charge in [-0.1, -0.05) is 43.3 Å². The zero-order valence-corrected chi connectivity index (χ0v) is 14.4. The number of rotatable bonds is 4. The number of anilines is 1. The van der Waals surface area contributed by atoms with Crippen molar-refractivity contribution in [3.8, 4) is 6.07 Å². The summed E-state index contributed by atoms with van der Waals surface area (Å²) in [7, 11) is 0. The minimum atomic E-state index is -0.443. The molecule has 1 heterocycles. The van der Waals surface area contributed by atoms with Crippen LogP contribution in [0, 0.1) is 17.2 Å². The summed E-state index contributed by atoms with van der Waals surface area (Å²) in [5.74, 6) is 2.12. The second-order valence-electron chi connectivity index (χ2n) is 6.71. The SMILES string of the molecule is C[C@H]1C[C@H]1c1ccc(/C=C(\C#N)C(=O)Nc2cccc3ccccc23)o1. The Hall–Kier alpha value is -3.32. The lowest BCUT2D eigenvalue weighted by atomic mass is 10.1. The average molecular weight is 342 g/mol. The van der Waals surface area contributed by atoms with Gasteiger partial charge in [0.15, 0.2) is 0 Å². The number of nitriles is 1. The van der Waals surface area contributed by atoms with E-state index in [1.807, 2.05) is 60.7 Å². The summed E-state index contributed by atoms with van der Waals surface area (Å²) in [6.07, 6.45) is 2.63. The van der Waals surface area contributed by atoms with Gasteiger partial charge in [-0.15, -0.1) is 0 Å². The summed E-state index contributed by atoms with van der Waals surface area (Å²) >= 11 is 0. The molecule has 0 radical (unpaired) electrons. The zero-order chi connectivity index (χ0) is 18.1. The highest BCUT2D eigenvalue weighted by Gasteiger charge is 2.36. The van der Waals surface area contributed by atoms with Gasteiger partial charge in [0.25, 0.3) is 5.91 Å². The number of nitrogens with zero attached hydrogens (tertiary/aromatic N) is 1. The maximum Gasteiger partial charge on any atom is 0.266 e. The average Bonchev–Trinajstić information content (AvgIpc) is 3.20. The quantitative estimate of drug-likeness (QED) is 0.530. The molecule has 4 nitrogen and oxygen atoms in total. The van der Waals surface area contributed by atoms with Crippen LogP contribution in [0.5, 0.6) is 0 Å². The summed E-state index contributed by atoms with van der Waals surface area (Å²) < 4.78 is 5.77. The largest absolute Gasteiger partial charge is 0.461 e. The molecule has 4 heteroatoms. The van der Waals surface area contributed by atoms with Crippen LogP contribution < -0.4 is 5.32 Å². The molecule has 0 spiro atoms. The van der Waals surface area contributed by atoms with Crippen molar-refractivity contribution in [2.45, 2.75) is 19.3 Å². The van der Waals surface area contributed by atoms with Crippen molar-refractivity contribution in [2.75, 3.05) is 5.32 Å². The standard InChI is InChI=1S/C22H18N2O2/c1-14-11-19(14)21-10-9-17(26-21)12-16(13-23)22(25)24-20-8-4-6-15-5-2-3-7-18(15)20/h2-10,12,14,19H,11H2,1H3,(H,24,25)/b16-12+/t14-,19+/m0/s1. The molecular formula is C22H18N2O2. The van der Waals surface area contributed by atoms with Crippen LogP contribution in [0.25, 0.3) is 16.8 Å². The van der Waals surface area contributed by atoms with Crippen LogP contribution in [0.15, 0.2) is 64.6 Å². The molecular weight excluding hydrogens is 324 g/mol. The van der Waals surface area contributed by atoms with Crippen molar-refractivity contribution in [3.63, 3.8) is 0 Å². The fourth-order valence-electron chi connectivity index (χ4n) is 3.18. The zero-order valence-electron chi connectivity index (χ0n) is 14.4. The number of hydrogen-bond donors (Lipinski definition) is 1. The molecule has 4 rings (SSSR count). The first-order valence-corrected chi connectivity index (χ1v) is 8.66. The molecule has 0 saturated heterocycles. The molecule has 2 aromatic carbocycles. The molecule has 0 aliphatic heterocycles. The third-order valence-corrected chi connectivity index (χ3v) is 4.81. The molecule has 0 bridgehead atoms. The van der Waals surface area contributed by atoms with Crippen LogP contribution in [0.2, 0.25) is 0 Å². The van der Waals surface area contributed by atoms with E-state index < -0.39 is 5.91 Å². The Labute approximate surface area is 151 Å². The number of nitrogens with one attached hydrogen (secondary N) is 1. The van der Waals surface area contributed by atoms with Gasteiger partial charge in [0.05, 0.1) is 0 Å². The van der Waals surface area contributed by atoms with Crippen LogP contribution in [-0.2, 0) is 4.79 Å². The van der Waals surface area contributed by atoms with E-state index in [1.54, 1.807) is 0 Å². The van der Waals surface area contributed by atoms with Gasteiger partial charge in [-0.3, -0.25) is 4.79 Å². The monoisotopic (exact) mass is 342 g/mol. The first-order chi connectivity index (χ1) is 12.7. The Kier molecular flexibility index (Phi) is 4.06. The van der Waals surface area contributed by atoms with Crippen LogP contribution in [0.1, 0.15) is 30.8 Å². The van der Waals surface area contributed by atoms with Crippen molar-refractivity contribution >= 4 is 28.4 Å². The Morgan fingerprint density at radius 2 is 1.96 bits per heavy atom. The first kappa shape index (κ1) is 16.2. The highest BCUT2D eigenvalue weighted by molar-refractivity contribution is 6.12. The van der Waals surface area contributed by atoms with Crippen molar-refractivity contribution in [2.24, 2.45) is 5.92 Å². The number of fused-ring (bicyclic) bond motifs is 1. The summed E-state index contributed by atoms with van der Waals surface area (Å²) in [5, 5.41) is 14.2. The molecule has 1 N–H and O–H groups in total. The van der Waals surface area contributed by atoms with Gasteiger partial charge >= 0.3 is 0 Å². The Balaban J connectivity index is 1.57. The van der Waals surface area contributed by atoms with Gasteiger partial charge in [0.2, 0.25) is 0 Å². The molecule has 128 valence electrons. The Morgan fingerprint density at radius 3 is 2.73 bits per heavy atom. The molecule has 26 heavy (non-hydrogen) atoms. The minimum absolute atomic E-state index is 0.0164. The number of hydrogen-bond acceptors (Lipinski definition) is 3. The van der Waals surface area contributed by atoms with Gasteiger partial charge < -0.3 is 9.73 Å². The third-order valence-electron chi connectivity index (χ3n) is 4.81. The molecule has 3 aromatic rings. The highest BCUT2D eigenvalue weighted by Crippen LogP contribution is 2.47. The Bertz CT molecular complexity index is 1050. The summed E-state index contributed by atoms with van der Waals surface area (Å²) in [6.45, 7) is 2.18. The van der Waals surface area contributed by atoms with E-state index in [-0.39, 0.29) is 5.57 Å². The van der Waals surface area contributed by atoms with Crippen LogP contribution in [-0.4, -0.2) is 5.91 Å². The minimum Gasteiger partial charge on any atom is -0.461 e. The molecule has 1 aliphatic rings. The number of carbonyl (C=O) groups is 1. The van der Waals surface area contributed by atoms with E-state index in [1.165, 1.54) is 6.08 Å². The molecule has 2 atom stereocenters. The topological polar surface area (TPSA) is 66.0 Å². The van der Waals surface area contributed by atoms with E-state index in [9.17, 15) is 10.1 Å².